The summed E-state index contributed by atoms with van der Waals surface area (Å²) in [6, 6.07) is 7.05. The minimum Gasteiger partial charge on any atom is -0.478 e. The predicted molar refractivity (Wildman–Crippen MR) is 132 cm³/mol. The monoisotopic (exact) mass is 513 g/mol. The van der Waals surface area contributed by atoms with Crippen LogP contribution < -0.4 is 10.6 Å². The summed E-state index contributed by atoms with van der Waals surface area (Å²) in [7, 11) is 3.34. The Kier molecular flexibility index (Phi) is 7.11. The van der Waals surface area contributed by atoms with Gasteiger partial charge in [0.1, 0.15) is 17.1 Å². The van der Waals surface area contributed by atoms with Crippen molar-refractivity contribution in [1.82, 2.24) is 14.8 Å². The van der Waals surface area contributed by atoms with Gasteiger partial charge in [0.25, 0.3) is 5.91 Å². The molecule has 3 heterocycles. The van der Waals surface area contributed by atoms with Crippen LogP contribution in [0.2, 0.25) is 5.02 Å². The van der Waals surface area contributed by atoms with E-state index in [0.29, 0.717) is 31.0 Å². The minimum absolute atomic E-state index is 0.0272. The lowest BCUT2D eigenvalue weighted by Gasteiger charge is -2.33. The van der Waals surface area contributed by atoms with Gasteiger partial charge in [-0.15, -0.1) is 0 Å². The van der Waals surface area contributed by atoms with Gasteiger partial charge in [0.2, 0.25) is 11.7 Å². The molecule has 36 heavy (non-hydrogen) atoms. The zero-order valence-electron chi connectivity index (χ0n) is 19.6. The number of likely N-dealkylation sites (tertiary alicyclic amines) is 1. The summed E-state index contributed by atoms with van der Waals surface area (Å²) in [6.07, 6.45) is 2.25. The Morgan fingerprint density at radius 3 is 2.44 bits per heavy atom. The first-order valence-electron chi connectivity index (χ1n) is 11.1. The van der Waals surface area contributed by atoms with Crippen LogP contribution >= 0.6 is 11.6 Å². The quantitative estimate of drug-likeness (QED) is 0.471. The van der Waals surface area contributed by atoms with E-state index in [2.05, 4.69) is 15.6 Å². The molecule has 1 saturated heterocycles. The van der Waals surface area contributed by atoms with E-state index < -0.39 is 17.8 Å². The molecule has 0 saturated carbocycles. The number of aromatic nitrogens is 1. The van der Waals surface area contributed by atoms with Gasteiger partial charge in [-0.25, -0.2) is 14.6 Å². The fourth-order valence-corrected chi connectivity index (χ4v) is 4.09. The van der Waals surface area contributed by atoms with Crippen molar-refractivity contribution in [3.8, 4) is 0 Å². The Morgan fingerprint density at radius 1 is 1.11 bits per heavy atom. The number of benzene rings is 1. The van der Waals surface area contributed by atoms with Gasteiger partial charge in [0, 0.05) is 44.7 Å². The van der Waals surface area contributed by atoms with Gasteiger partial charge in [-0.3, -0.25) is 9.59 Å². The number of carboxylic acids is 1. The van der Waals surface area contributed by atoms with Crippen molar-refractivity contribution in [2.45, 2.75) is 12.8 Å². The van der Waals surface area contributed by atoms with Crippen LogP contribution in [0.1, 0.15) is 33.8 Å². The Labute approximate surface area is 211 Å². The molecule has 11 nitrogen and oxygen atoms in total. The van der Waals surface area contributed by atoms with E-state index in [-0.39, 0.29) is 45.7 Å². The molecule has 4 amide bonds. The number of hydrogen-bond acceptors (Lipinski definition) is 6. The number of rotatable bonds is 5. The van der Waals surface area contributed by atoms with Crippen LogP contribution in [0.5, 0.6) is 0 Å². The van der Waals surface area contributed by atoms with Gasteiger partial charge in [-0.1, -0.05) is 11.6 Å². The van der Waals surface area contributed by atoms with Crippen molar-refractivity contribution in [3.63, 3.8) is 0 Å². The molecule has 188 valence electrons. The first-order chi connectivity index (χ1) is 17.1. The zero-order chi connectivity index (χ0) is 26.0. The number of aromatic carboxylic acids is 1. The Balaban J connectivity index is 1.60. The lowest BCUT2D eigenvalue weighted by Crippen LogP contribution is -2.45. The number of anilines is 2. The number of nitrogens with one attached hydrogen (secondary N) is 2. The predicted octanol–water partition coefficient (Wildman–Crippen LogP) is 3.76. The van der Waals surface area contributed by atoms with E-state index in [9.17, 15) is 24.3 Å². The van der Waals surface area contributed by atoms with E-state index in [0.717, 1.165) is 0 Å². The minimum atomic E-state index is -1.16. The molecule has 0 spiro atoms. The highest BCUT2D eigenvalue weighted by Crippen LogP contribution is 2.33. The van der Waals surface area contributed by atoms with Crippen LogP contribution in [-0.2, 0) is 4.79 Å². The maximum Gasteiger partial charge on any atom is 0.335 e. The summed E-state index contributed by atoms with van der Waals surface area (Å²) in [5.74, 6) is -2.58. The molecular weight excluding hydrogens is 490 g/mol. The molecule has 1 aliphatic heterocycles. The molecule has 0 bridgehead atoms. The highest BCUT2D eigenvalue weighted by molar-refractivity contribution is 6.30. The molecular formula is C24H24ClN5O6. The van der Waals surface area contributed by atoms with Gasteiger partial charge in [-0.2, -0.15) is 0 Å². The number of pyridine rings is 1. The number of amides is 4. The molecule has 3 aromatic rings. The van der Waals surface area contributed by atoms with Gasteiger partial charge in [0.05, 0.1) is 10.6 Å². The van der Waals surface area contributed by atoms with Crippen molar-refractivity contribution < 1.29 is 28.7 Å². The van der Waals surface area contributed by atoms with Gasteiger partial charge in [0.15, 0.2) is 0 Å². The third-order valence-electron chi connectivity index (χ3n) is 5.88. The summed E-state index contributed by atoms with van der Waals surface area (Å²) in [5.41, 5.74) is 0.271. The second-order valence-electron chi connectivity index (χ2n) is 8.57. The van der Waals surface area contributed by atoms with Crippen molar-refractivity contribution >= 4 is 57.9 Å². The molecule has 1 aromatic carbocycles. The highest BCUT2D eigenvalue weighted by atomic mass is 35.5. The number of halogens is 1. The van der Waals surface area contributed by atoms with Crippen molar-refractivity contribution in [3.05, 3.63) is 52.9 Å². The summed E-state index contributed by atoms with van der Waals surface area (Å²) in [6.45, 7) is 0.833. The van der Waals surface area contributed by atoms with Crippen LogP contribution in [0, 0.1) is 5.92 Å². The van der Waals surface area contributed by atoms with E-state index >= 15 is 0 Å². The average Bonchev–Trinajstić information content (AvgIpc) is 3.22. The van der Waals surface area contributed by atoms with Crippen LogP contribution in [-0.4, -0.2) is 70.9 Å². The summed E-state index contributed by atoms with van der Waals surface area (Å²) >= 11 is 5.84. The smallest absolute Gasteiger partial charge is 0.335 e. The second kappa shape index (κ2) is 10.2. The molecule has 0 radical (unpaired) electrons. The molecule has 0 atom stereocenters. The number of piperidine rings is 1. The number of carbonyl (C=O) groups excluding carboxylic acids is 3. The first kappa shape index (κ1) is 25.0. The first-order valence-corrected chi connectivity index (χ1v) is 11.5. The Morgan fingerprint density at radius 2 is 1.83 bits per heavy atom. The number of urea groups is 1. The number of hydrogen-bond donors (Lipinski definition) is 3. The molecule has 12 heteroatoms. The van der Waals surface area contributed by atoms with E-state index in [1.54, 1.807) is 25.1 Å². The SMILES string of the molecule is CN(C)C(=O)N1CCC(C(=O)Nc2c(C(=O)Nc3ccc(Cl)cn3)oc3ccc(C(=O)O)cc23)CC1. The topological polar surface area (TPSA) is 145 Å². The summed E-state index contributed by atoms with van der Waals surface area (Å²) in [5, 5.41) is 15.4. The molecule has 0 unspecified atom stereocenters. The van der Waals surface area contributed by atoms with E-state index in [4.69, 9.17) is 16.0 Å². The van der Waals surface area contributed by atoms with E-state index in [1.807, 2.05) is 0 Å². The lowest BCUT2D eigenvalue weighted by atomic mass is 9.96. The molecule has 4 rings (SSSR count). The largest absolute Gasteiger partial charge is 0.478 e. The standard InChI is InChI=1S/C24H24ClN5O6/c1-29(2)24(35)30-9-7-13(8-10-30)21(31)28-19-16-11-14(23(33)34)3-5-17(16)36-20(19)22(32)27-18-6-4-15(25)12-26-18/h3-6,11-13H,7-10H2,1-2H3,(H,28,31)(H,33,34)(H,26,27,32). The average molecular weight is 514 g/mol. The Bertz CT molecular complexity index is 1330. The molecule has 1 fully saturated rings. The van der Waals surface area contributed by atoms with Gasteiger partial charge >= 0.3 is 12.0 Å². The Hall–Kier alpha value is -4.12. The highest BCUT2D eigenvalue weighted by Gasteiger charge is 2.30. The summed E-state index contributed by atoms with van der Waals surface area (Å²) < 4.78 is 5.72. The van der Waals surface area contributed by atoms with Crippen LogP contribution in [0.25, 0.3) is 11.0 Å². The normalized spacial score (nSPS) is 13.9. The van der Waals surface area contributed by atoms with Gasteiger partial charge < -0.3 is 30.0 Å². The number of furan rings is 1. The van der Waals surface area contributed by atoms with Crippen molar-refractivity contribution in [1.29, 1.82) is 0 Å². The van der Waals surface area contributed by atoms with Crippen molar-refractivity contribution in [2.75, 3.05) is 37.8 Å². The fourth-order valence-electron chi connectivity index (χ4n) is 3.98. The number of fused-ring (bicyclic) bond motifs is 1. The number of nitrogens with zero attached hydrogens (tertiary/aromatic N) is 3. The van der Waals surface area contributed by atoms with Crippen molar-refractivity contribution in [2.24, 2.45) is 5.92 Å². The summed E-state index contributed by atoms with van der Waals surface area (Å²) in [4.78, 5) is 57.1. The lowest BCUT2D eigenvalue weighted by molar-refractivity contribution is -0.121. The van der Waals surface area contributed by atoms with E-state index in [1.165, 1.54) is 35.4 Å². The number of carboxylic acid groups (broad SMARTS) is 1. The molecule has 0 aliphatic carbocycles. The molecule has 1 aliphatic rings. The zero-order valence-corrected chi connectivity index (χ0v) is 20.3. The molecule has 2 aromatic heterocycles. The third kappa shape index (κ3) is 5.25. The second-order valence-corrected chi connectivity index (χ2v) is 9.00. The fraction of sp³-hybridized carbons (Fsp3) is 0.292. The maximum atomic E-state index is 13.2. The van der Waals surface area contributed by atoms with Crippen LogP contribution in [0.3, 0.4) is 0 Å². The molecule has 3 N–H and O–H groups in total. The van der Waals surface area contributed by atoms with Crippen LogP contribution in [0.4, 0.5) is 16.3 Å². The van der Waals surface area contributed by atoms with Gasteiger partial charge in [-0.05, 0) is 43.2 Å². The maximum absolute atomic E-state index is 13.2. The van der Waals surface area contributed by atoms with Crippen LogP contribution in [0.15, 0.2) is 40.9 Å². The number of carbonyl (C=O) groups is 4. The third-order valence-corrected chi connectivity index (χ3v) is 6.10.